The van der Waals surface area contributed by atoms with Gasteiger partial charge >= 0.3 is 0 Å². The highest BCUT2D eigenvalue weighted by molar-refractivity contribution is 6.31. The van der Waals surface area contributed by atoms with Gasteiger partial charge in [-0.25, -0.2) is 0 Å². The van der Waals surface area contributed by atoms with Crippen LogP contribution in [0.3, 0.4) is 0 Å². The number of anilines is 1. The number of carbonyl (C=O) groups is 1. The number of nitrogens with zero attached hydrogens (tertiary/aromatic N) is 6. The monoisotopic (exact) mass is 303 g/mol. The van der Waals surface area contributed by atoms with Crippen LogP contribution in [0.4, 0.5) is 5.69 Å². The van der Waals surface area contributed by atoms with Crippen LogP contribution >= 0.6 is 11.6 Å². The van der Waals surface area contributed by atoms with Gasteiger partial charge in [-0.15, -0.1) is 5.10 Å². The summed E-state index contributed by atoms with van der Waals surface area (Å²) in [7, 11) is 1.77. The van der Waals surface area contributed by atoms with Crippen LogP contribution in [0.15, 0.2) is 36.9 Å². The number of nitrogens with one attached hydrogen (secondary N) is 1. The van der Waals surface area contributed by atoms with Crippen LogP contribution in [0, 0.1) is 0 Å². The van der Waals surface area contributed by atoms with Gasteiger partial charge < -0.3 is 5.32 Å². The molecule has 21 heavy (non-hydrogen) atoms. The summed E-state index contributed by atoms with van der Waals surface area (Å²) < 4.78 is 2.99. The molecule has 0 aliphatic carbocycles. The fraction of sp³-hybridized carbons (Fsp3) is 0.0833. The van der Waals surface area contributed by atoms with E-state index in [0.717, 1.165) is 0 Å². The molecule has 8 nitrogen and oxygen atoms in total. The minimum absolute atomic E-state index is 0.323. The lowest BCUT2D eigenvalue weighted by Crippen LogP contribution is -2.15. The van der Waals surface area contributed by atoms with Gasteiger partial charge in [0.05, 0.1) is 23.1 Å². The zero-order valence-electron chi connectivity index (χ0n) is 10.9. The molecule has 0 bridgehead atoms. The van der Waals surface area contributed by atoms with E-state index < -0.39 is 0 Å². The van der Waals surface area contributed by atoms with Gasteiger partial charge in [0.2, 0.25) is 0 Å². The fourth-order valence-electron chi connectivity index (χ4n) is 1.85. The summed E-state index contributed by atoms with van der Waals surface area (Å²) in [5, 5.41) is 18.1. The lowest BCUT2D eigenvalue weighted by Gasteiger charge is -2.08. The number of rotatable bonds is 3. The molecule has 0 fully saturated rings. The van der Waals surface area contributed by atoms with Crippen molar-refractivity contribution in [3.8, 4) is 5.69 Å². The van der Waals surface area contributed by atoms with Crippen molar-refractivity contribution < 1.29 is 4.79 Å². The Bertz CT molecular complexity index is 781. The lowest BCUT2D eigenvalue weighted by atomic mass is 10.1. The van der Waals surface area contributed by atoms with E-state index in [2.05, 4.69) is 25.9 Å². The zero-order valence-corrected chi connectivity index (χ0v) is 11.7. The van der Waals surface area contributed by atoms with E-state index in [9.17, 15) is 4.79 Å². The van der Waals surface area contributed by atoms with Crippen molar-refractivity contribution in [3.63, 3.8) is 0 Å². The number of hydrogen-bond acceptors (Lipinski definition) is 5. The Morgan fingerprint density at radius 3 is 2.90 bits per heavy atom. The maximum atomic E-state index is 12.4. The van der Waals surface area contributed by atoms with E-state index >= 15 is 0 Å². The van der Waals surface area contributed by atoms with Gasteiger partial charge in [-0.3, -0.25) is 9.48 Å². The Balaban J connectivity index is 1.97. The smallest absolute Gasteiger partial charge is 0.257 e. The summed E-state index contributed by atoms with van der Waals surface area (Å²) in [5.41, 5.74) is 1.48. The average Bonchev–Trinajstić information content (AvgIpc) is 3.10. The van der Waals surface area contributed by atoms with Gasteiger partial charge in [-0.2, -0.15) is 9.78 Å². The van der Waals surface area contributed by atoms with Crippen LogP contribution in [0.1, 0.15) is 10.4 Å². The minimum atomic E-state index is -0.323. The number of aromatic nitrogens is 6. The predicted molar refractivity (Wildman–Crippen MR) is 75.3 cm³/mol. The molecule has 0 aliphatic rings. The highest BCUT2D eigenvalue weighted by atomic mass is 35.5. The number of aryl methyl sites for hydroxylation is 1. The summed E-state index contributed by atoms with van der Waals surface area (Å²) in [6.07, 6.45) is 4.66. The van der Waals surface area contributed by atoms with Crippen LogP contribution in [0.25, 0.3) is 5.69 Å². The van der Waals surface area contributed by atoms with Crippen molar-refractivity contribution in [1.82, 2.24) is 30.0 Å². The molecule has 1 N–H and O–H groups in total. The summed E-state index contributed by atoms with van der Waals surface area (Å²) in [4.78, 5) is 12.4. The lowest BCUT2D eigenvalue weighted by molar-refractivity contribution is 0.102. The van der Waals surface area contributed by atoms with Gasteiger partial charge in [0.25, 0.3) is 5.91 Å². The number of tetrazole rings is 1. The molecule has 2 heterocycles. The zero-order chi connectivity index (χ0) is 14.8. The van der Waals surface area contributed by atoms with Crippen molar-refractivity contribution >= 4 is 23.2 Å². The first-order valence-electron chi connectivity index (χ1n) is 5.96. The molecule has 0 aliphatic heterocycles. The molecular weight excluding hydrogens is 294 g/mol. The van der Waals surface area contributed by atoms with Crippen LogP contribution in [0.5, 0.6) is 0 Å². The third-order valence-electron chi connectivity index (χ3n) is 2.76. The third-order valence-corrected chi connectivity index (χ3v) is 3.00. The van der Waals surface area contributed by atoms with E-state index in [-0.39, 0.29) is 5.91 Å². The molecule has 0 spiro atoms. The maximum Gasteiger partial charge on any atom is 0.257 e. The summed E-state index contributed by atoms with van der Waals surface area (Å²) in [5.74, 6) is -0.323. The quantitative estimate of drug-likeness (QED) is 0.787. The fourth-order valence-corrected chi connectivity index (χ4v) is 2.02. The van der Waals surface area contributed by atoms with E-state index in [1.165, 1.54) is 11.0 Å². The van der Waals surface area contributed by atoms with E-state index in [0.29, 0.717) is 22.0 Å². The Morgan fingerprint density at radius 2 is 2.24 bits per heavy atom. The van der Waals surface area contributed by atoms with Gasteiger partial charge in [0.1, 0.15) is 6.33 Å². The molecule has 3 rings (SSSR count). The molecule has 0 radical (unpaired) electrons. The van der Waals surface area contributed by atoms with Crippen molar-refractivity contribution in [1.29, 1.82) is 0 Å². The Morgan fingerprint density at radius 1 is 1.38 bits per heavy atom. The molecule has 1 aromatic carbocycles. The molecule has 0 atom stereocenters. The largest absolute Gasteiger partial charge is 0.319 e. The normalized spacial score (nSPS) is 10.6. The number of amides is 1. The van der Waals surface area contributed by atoms with Gasteiger partial charge in [-0.05, 0) is 28.6 Å². The van der Waals surface area contributed by atoms with Crippen LogP contribution < -0.4 is 5.32 Å². The van der Waals surface area contributed by atoms with Crippen LogP contribution in [0.2, 0.25) is 5.02 Å². The minimum Gasteiger partial charge on any atom is -0.319 e. The molecule has 9 heteroatoms. The number of halogens is 1. The van der Waals surface area contributed by atoms with E-state index in [1.54, 1.807) is 42.3 Å². The Kier molecular flexibility index (Phi) is 3.36. The second-order valence-electron chi connectivity index (χ2n) is 4.27. The van der Waals surface area contributed by atoms with Crippen molar-refractivity contribution in [3.05, 3.63) is 47.5 Å². The summed E-state index contributed by atoms with van der Waals surface area (Å²) >= 11 is 5.97. The molecular formula is C12H10ClN7O. The van der Waals surface area contributed by atoms with Gasteiger partial charge in [0.15, 0.2) is 0 Å². The van der Waals surface area contributed by atoms with E-state index in [4.69, 9.17) is 11.6 Å². The molecule has 1 amide bonds. The molecule has 106 valence electrons. The van der Waals surface area contributed by atoms with Crippen molar-refractivity contribution in [2.24, 2.45) is 7.05 Å². The average molecular weight is 304 g/mol. The topological polar surface area (TPSA) is 90.5 Å². The summed E-state index contributed by atoms with van der Waals surface area (Å²) in [6.45, 7) is 0. The van der Waals surface area contributed by atoms with E-state index in [1.807, 2.05) is 0 Å². The Labute approximate surface area is 124 Å². The molecule has 0 saturated carbocycles. The number of carbonyl (C=O) groups excluding carboxylic acids is 1. The molecule has 0 saturated heterocycles. The second-order valence-corrected chi connectivity index (χ2v) is 4.71. The van der Waals surface area contributed by atoms with Crippen LogP contribution in [-0.4, -0.2) is 35.9 Å². The highest BCUT2D eigenvalue weighted by Crippen LogP contribution is 2.20. The number of hydrogen-bond donors (Lipinski definition) is 1. The SMILES string of the molecule is Cn1cc(NC(=O)c2cc(Cl)ccc2-n2cnnn2)cn1. The van der Waals surface area contributed by atoms with Crippen LogP contribution in [-0.2, 0) is 7.05 Å². The number of benzene rings is 1. The van der Waals surface area contributed by atoms with Crippen molar-refractivity contribution in [2.75, 3.05) is 5.32 Å². The second kappa shape index (κ2) is 5.33. The third kappa shape index (κ3) is 2.75. The Hall–Kier alpha value is -2.74. The molecule has 0 unspecified atom stereocenters. The van der Waals surface area contributed by atoms with Gasteiger partial charge in [-0.1, -0.05) is 11.6 Å². The van der Waals surface area contributed by atoms with Crippen molar-refractivity contribution in [2.45, 2.75) is 0 Å². The first kappa shape index (κ1) is 13.3. The standard InChI is InChI=1S/C12H10ClN7O/c1-19-6-9(5-15-19)16-12(21)10-4-8(13)2-3-11(10)20-7-14-17-18-20/h2-7H,1H3,(H,16,21). The van der Waals surface area contributed by atoms with Gasteiger partial charge in [0, 0.05) is 18.3 Å². The molecule has 2 aromatic heterocycles. The maximum absolute atomic E-state index is 12.4. The highest BCUT2D eigenvalue weighted by Gasteiger charge is 2.15. The first-order valence-corrected chi connectivity index (χ1v) is 6.34. The molecule has 3 aromatic rings. The first-order chi connectivity index (χ1) is 10.1. The summed E-state index contributed by atoms with van der Waals surface area (Å²) in [6, 6.07) is 4.90. The predicted octanol–water partition coefficient (Wildman–Crippen LogP) is 1.30.